The number of hydrogen-bond acceptors (Lipinski definition) is 2. The first kappa shape index (κ1) is 16.4. The molecule has 2 rings (SSSR count). The number of nitrogens with one attached hydrogen (secondary N) is 1. The van der Waals surface area contributed by atoms with Crippen LogP contribution in [0.5, 0.6) is 0 Å². The number of nitrogens with zero attached hydrogens (tertiary/aromatic N) is 1. The summed E-state index contributed by atoms with van der Waals surface area (Å²) in [5.74, 6) is 0.589. The highest BCUT2D eigenvalue weighted by molar-refractivity contribution is 5.51. The van der Waals surface area contributed by atoms with Gasteiger partial charge in [0.05, 0.1) is 0 Å². The lowest BCUT2D eigenvalue weighted by atomic mass is 9.84. The molecule has 0 aromatic heterocycles. The van der Waals surface area contributed by atoms with E-state index in [4.69, 9.17) is 0 Å². The van der Waals surface area contributed by atoms with Crippen molar-refractivity contribution in [2.75, 3.05) is 18.0 Å². The third kappa shape index (κ3) is 3.79. The number of hydrogen-bond donors (Lipinski definition) is 1. The second kappa shape index (κ2) is 6.39. The summed E-state index contributed by atoms with van der Waals surface area (Å²) in [6, 6.07) is 10.3. The van der Waals surface area contributed by atoms with Crippen molar-refractivity contribution < 1.29 is 0 Å². The number of rotatable bonds is 3. The van der Waals surface area contributed by atoms with E-state index in [1.165, 1.54) is 17.7 Å². The zero-order chi connectivity index (χ0) is 15.6. The average molecular weight is 288 g/mol. The third-order valence-electron chi connectivity index (χ3n) is 4.81. The van der Waals surface area contributed by atoms with Crippen LogP contribution in [0.1, 0.15) is 59.4 Å². The van der Waals surface area contributed by atoms with Crippen molar-refractivity contribution in [2.24, 2.45) is 5.41 Å². The average Bonchev–Trinajstić information content (AvgIpc) is 2.45. The van der Waals surface area contributed by atoms with Crippen molar-refractivity contribution in [2.45, 2.75) is 66.0 Å². The fourth-order valence-corrected chi connectivity index (χ4v) is 3.12. The molecule has 1 aromatic rings. The van der Waals surface area contributed by atoms with Crippen LogP contribution in [0.2, 0.25) is 0 Å². The molecule has 1 heterocycles. The van der Waals surface area contributed by atoms with Crippen LogP contribution in [-0.2, 0) is 0 Å². The van der Waals surface area contributed by atoms with Gasteiger partial charge in [-0.3, -0.25) is 0 Å². The zero-order valence-electron chi connectivity index (χ0n) is 14.6. The Hall–Kier alpha value is -1.02. The quantitative estimate of drug-likeness (QED) is 0.886. The van der Waals surface area contributed by atoms with Gasteiger partial charge in [-0.15, -0.1) is 0 Å². The lowest BCUT2D eigenvalue weighted by Crippen LogP contribution is -2.60. The van der Waals surface area contributed by atoms with E-state index in [2.05, 4.69) is 76.0 Å². The molecule has 1 saturated heterocycles. The molecule has 2 unspecified atom stereocenters. The molecule has 1 fully saturated rings. The topological polar surface area (TPSA) is 15.3 Å². The van der Waals surface area contributed by atoms with E-state index >= 15 is 0 Å². The van der Waals surface area contributed by atoms with Crippen LogP contribution < -0.4 is 10.2 Å². The van der Waals surface area contributed by atoms with Gasteiger partial charge in [-0.25, -0.2) is 0 Å². The van der Waals surface area contributed by atoms with E-state index in [0.717, 1.165) is 13.1 Å². The van der Waals surface area contributed by atoms with E-state index in [9.17, 15) is 0 Å². The highest BCUT2D eigenvalue weighted by Crippen LogP contribution is 2.29. The highest BCUT2D eigenvalue weighted by Gasteiger charge is 2.33. The van der Waals surface area contributed by atoms with Gasteiger partial charge < -0.3 is 10.2 Å². The summed E-state index contributed by atoms with van der Waals surface area (Å²) in [6.45, 7) is 16.0. The van der Waals surface area contributed by atoms with Gasteiger partial charge in [-0.1, -0.05) is 53.7 Å². The van der Waals surface area contributed by atoms with E-state index in [1.807, 2.05) is 0 Å². The molecular weight excluding hydrogens is 256 g/mol. The standard InChI is InChI=1S/C19H32N2/c1-7-16-12-20-18(19(4,5)6)13-21(16)17-10-8-9-15(11-17)14(2)3/h8-11,14,16,18,20H,7,12-13H2,1-6H3. The fourth-order valence-electron chi connectivity index (χ4n) is 3.12. The number of anilines is 1. The van der Waals surface area contributed by atoms with Gasteiger partial charge in [-0.05, 0) is 35.4 Å². The number of benzene rings is 1. The molecule has 21 heavy (non-hydrogen) atoms. The van der Waals surface area contributed by atoms with Crippen molar-refractivity contribution in [3.05, 3.63) is 29.8 Å². The normalized spacial score (nSPS) is 23.7. The van der Waals surface area contributed by atoms with Crippen molar-refractivity contribution in [1.29, 1.82) is 0 Å². The molecule has 2 heteroatoms. The van der Waals surface area contributed by atoms with Crippen LogP contribution in [0.15, 0.2) is 24.3 Å². The Morgan fingerprint density at radius 1 is 1.29 bits per heavy atom. The first-order valence-electron chi connectivity index (χ1n) is 8.43. The van der Waals surface area contributed by atoms with Crippen LogP contribution in [0, 0.1) is 5.41 Å². The Morgan fingerprint density at radius 3 is 2.57 bits per heavy atom. The van der Waals surface area contributed by atoms with Crippen molar-refractivity contribution in [1.82, 2.24) is 5.32 Å². The Morgan fingerprint density at radius 2 is 2.00 bits per heavy atom. The van der Waals surface area contributed by atoms with Gasteiger partial charge in [0.15, 0.2) is 0 Å². The lowest BCUT2D eigenvalue weighted by molar-refractivity contribution is 0.233. The van der Waals surface area contributed by atoms with Gasteiger partial charge >= 0.3 is 0 Å². The molecule has 0 saturated carbocycles. The van der Waals surface area contributed by atoms with E-state index < -0.39 is 0 Å². The smallest absolute Gasteiger partial charge is 0.0412 e. The Labute approximate surface area is 130 Å². The molecule has 2 atom stereocenters. The van der Waals surface area contributed by atoms with Gasteiger partial charge in [0.2, 0.25) is 0 Å². The first-order valence-corrected chi connectivity index (χ1v) is 8.43. The molecular formula is C19H32N2. The second-order valence-electron chi connectivity index (χ2n) is 7.79. The molecule has 2 nitrogen and oxygen atoms in total. The Bertz CT molecular complexity index is 459. The van der Waals surface area contributed by atoms with Gasteiger partial charge in [0, 0.05) is 30.9 Å². The van der Waals surface area contributed by atoms with Gasteiger partial charge in [0.25, 0.3) is 0 Å². The SMILES string of the molecule is CCC1CNC(C(C)(C)C)CN1c1cccc(C(C)C)c1. The minimum Gasteiger partial charge on any atom is -0.366 e. The van der Waals surface area contributed by atoms with Crippen LogP contribution in [0.3, 0.4) is 0 Å². The fraction of sp³-hybridized carbons (Fsp3) is 0.684. The molecule has 0 aliphatic carbocycles. The molecule has 0 amide bonds. The predicted octanol–water partition coefficient (Wildman–Crippen LogP) is 4.41. The first-order chi connectivity index (χ1) is 9.82. The largest absolute Gasteiger partial charge is 0.366 e. The predicted molar refractivity (Wildman–Crippen MR) is 93.2 cm³/mol. The maximum atomic E-state index is 3.76. The third-order valence-corrected chi connectivity index (χ3v) is 4.81. The zero-order valence-corrected chi connectivity index (χ0v) is 14.6. The maximum Gasteiger partial charge on any atom is 0.0412 e. The molecule has 1 aliphatic heterocycles. The van der Waals surface area contributed by atoms with Crippen molar-refractivity contribution in [3.8, 4) is 0 Å². The summed E-state index contributed by atoms with van der Waals surface area (Å²) < 4.78 is 0. The van der Waals surface area contributed by atoms with E-state index in [1.54, 1.807) is 0 Å². The van der Waals surface area contributed by atoms with Gasteiger partial charge in [0.1, 0.15) is 0 Å². The second-order valence-corrected chi connectivity index (χ2v) is 7.79. The molecule has 0 radical (unpaired) electrons. The van der Waals surface area contributed by atoms with Crippen LogP contribution >= 0.6 is 0 Å². The van der Waals surface area contributed by atoms with Gasteiger partial charge in [-0.2, -0.15) is 0 Å². The molecule has 1 N–H and O–H groups in total. The van der Waals surface area contributed by atoms with Crippen LogP contribution in [0.4, 0.5) is 5.69 Å². The van der Waals surface area contributed by atoms with E-state index in [-0.39, 0.29) is 0 Å². The molecule has 1 aliphatic rings. The molecule has 118 valence electrons. The van der Waals surface area contributed by atoms with Crippen LogP contribution in [0.25, 0.3) is 0 Å². The summed E-state index contributed by atoms with van der Waals surface area (Å²) in [5.41, 5.74) is 3.13. The monoisotopic (exact) mass is 288 g/mol. The van der Waals surface area contributed by atoms with E-state index in [0.29, 0.717) is 23.4 Å². The summed E-state index contributed by atoms with van der Waals surface area (Å²) in [7, 11) is 0. The Balaban J connectivity index is 2.27. The summed E-state index contributed by atoms with van der Waals surface area (Å²) >= 11 is 0. The number of piperazine rings is 1. The van der Waals surface area contributed by atoms with Crippen LogP contribution in [-0.4, -0.2) is 25.2 Å². The highest BCUT2D eigenvalue weighted by atomic mass is 15.2. The molecule has 1 aromatic carbocycles. The summed E-state index contributed by atoms with van der Waals surface area (Å²) in [4.78, 5) is 2.62. The van der Waals surface area contributed by atoms with Crippen molar-refractivity contribution >= 4 is 5.69 Å². The summed E-state index contributed by atoms with van der Waals surface area (Å²) in [5, 5.41) is 3.76. The minimum atomic E-state index is 0.298. The minimum absolute atomic E-state index is 0.298. The van der Waals surface area contributed by atoms with Crippen molar-refractivity contribution in [3.63, 3.8) is 0 Å². The Kier molecular flexibility index (Phi) is 4.98. The molecule has 0 spiro atoms. The molecule has 0 bridgehead atoms. The summed E-state index contributed by atoms with van der Waals surface area (Å²) in [6.07, 6.45) is 1.19. The maximum absolute atomic E-state index is 3.76. The lowest BCUT2D eigenvalue weighted by Gasteiger charge is -2.46.